The van der Waals surface area contributed by atoms with Crippen molar-refractivity contribution in [2.75, 3.05) is 24.3 Å². The van der Waals surface area contributed by atoms with Crippen LogP contribution < -0.4 is 5.32 Å². The largest absolute Gasteiger partial charge is 0.314 e. The van der Waals surface area contributed by atoms with Gasteiger partial charge in [0, 0.05) is 17.0 Å². The maximum Gasteiger partial charge on any atom is 0.150 e. The van der Waals surface area contributed by atoms with Crippen molar-refractivity contribution in [2.24, 2.45) is 0 Å². The third-order valence-electron chi connectivity index (χ3n) is 3.22. The highest BCUT2D eigenvalue weighted by Crippen LogP contribution is 2.27. The molecule has 16 heavy (non-hydrogen) atoms. The van der Waals surface area contributed by atoms with E-state index in [2.05, 4.69) is 11.6 Å². The minimum absolute atomic E-state index is 0.269. The van der Waals surface area contributed by atoms with Crippen LogP contribution in [0.1, 0.15) is 32.6 Å². The van der Waals surface area contributed by atoms with Crippen LogP contribution in [0.3, 0.4) is 0 Å². The van der Waals surface area contributed by atoms with Gasteiger partial charge in [-0.3, -0.25) is 0 Å². The Bertz CT molecular complexity index is 290. The number of hydrogen-bond donors (Lipinski definition) is 1. The van der Waals surface area contributed by atoms with E-state index in [4.69, 9.17) is 0 Å². The van der Waals surface area contributed by atoms with Crippen LogP contribution in [0.2, 0.25) is 0 Å². The van der Waals surface area contributed by atoms with Gasteiger partial charge in [0.25, 0.3) is 0 Å². The van der Waals surface area contributed by atoms with Gasteiger partial charge in [-0.05, 0) is 38.5 Å². The number of hydrogen-bond acceptors (Lipinski definition) is 4. The van der Waals surface area contributed by atoms with E-state index in [1.165, 1.54) is 19.3 Å². The molecule has 0 heterocycles. The Kier molecular flexibility index (Phi) is 6.15. The van der Waals surface area contributed by atoms with E-state index in [1.807, 2.05) is 11.8 Å². The van der Waals surface area contributed by atoms with Crippen molar-refractivity contribution in [3.63, 3.8) is 0 Å². The average Bonchev–Trinajstić information content (AvgIpc) is 2.72. The third-order valence-corrected chi connectivity index (χ3v) is 6.11. The van der Waals surface area contributed by atoms with Crippen molar-refractivity contribution >= 4 is 21.6 Å². The Morgan fingerprint density at radius 2 is 2.12 bits per heavy atom. The van der Waals surface area contributed by atoms with E-state index in [1.54, 1.807) is 6.92 Å². The Balaban J connectivity index is 2.08. The normalized spacial score (nSPS) is 26.1. The summed E-state index contributed by atoms with van der Waals surface area (Å²) in [5.74, 6) is 0.597. The highest BCUT2D eigenvalue weighted by molar-refractivity contribution is 7.99. The van der Waals surface area contributed by atoms with Crippen LogP contribution in [0.15, 0.2) is 0 Å². The van der Waals surface area contributed by atoms with Crippen LogP contribution in [0, 0.1) is 0 Å². The van der Waals surface area contributed by atoms with Gasteiger partial charge in [0.05, 0.1) is 5.75 Å². The van der Waals surface area contributed by atoms with Crippen LogP contribution in [0.4, 0.5) is 0 Å². The molecule has 0 saturated heterocycles. The molecule has 1 rings (SSSR count). The minimum atomic E-state index is -2.77. The summed E-state index contributed by atoms with van der Waals surface area (Å²) in [5, 5.41) is 4.27. The van der Waals surface area contributed by atoms with Gasteiger partial charge < -0.3 is 5.32 Å². The second-order valence-corrected chi connectivity index (χ2v) is 8.02. The summed E-state index contributed by atoms with van der Waals surface area (Å²) in [6.45, 7) is 2.55. The van der Waals surface area contributed by atoms with Crippen molar-refractivity contribution < 1.29 is 8.42 Å². The quantitative estimate of drug-likeness (QED) is 0.712. The molecule has 3 nitrogen and oxygen atoms in total. The summed E-state index contributed by atoms with van der Waals surface area (Å²) in [6.07, 6.45) is 6.69. The summed E-state index contributed by atoms with van der Waals surface area (Å²) in [4.78, 5) is 0. The molecule has 1 aliphatic carbocycles. The van der Waals surface area contributed by atoms with Gasteiger partial charge in [0.2, 0.25) is 0 Å². The van der Waals surface area contributed by atoms with E-state index >= 15 is 0 Å². The molecule has 2 atom stereocenters. The van der Waals surface area contributed by atoms with Gasteiger partial charge in [0.1, 0.15) is 9.84 Å². The number of rotatable bonds is 7. The second-order valence-electron chi connectivity index (χ2n) is 4.41. The molecule has 0 aliphatic heterocycles. The van der Waals surface area contributed by atoms with Crippen LogP contribution in [0.25, 0.3) is 0 Å². The average molecular weight is 265 g/mol. The second kappa shape index (κ2) is 6.87. The molecule has 0 aromatic rings. The Hall–Kier alpha value is 0.260. The molecule has 0 amide bonds. The van der Waals surface area contributed by atoms with Gasteiger partial charge >= 0.3 is 0 Å². The lowest BCUT2D eigenvalue weighted by Gasteiger charge is -2.12. The maximum absolute atomic E-state index is 11.3. The molecule has 1 aliphatic rings. The predicted molar refractivity (Wildman–Crippen MR) is 71.9 cm³/mol. The summed E-state index contributed by atoms with van der Waals surface area (Å²) in [7, 11) is -2.77. The van der Waals surface area contributed by atoms with Crippen LogP contribution >= 0.6 is 11.8 Å². The number of sulfone groups is 1. The SMILES string of the molecule is CCS(=O)(=O)CCCNC1CCC(SC)C1. The molecular weight excluding hydrogens is 242 g/mol. The van der Waals surface area contributed by atoms with Crippen LogP contribution in [-0.4, -0.2) is 44.0 Å². The molecular formula is C11H23NO2S2. The van der Waals surface area contributed by atoms with Crippen molar-refractivity contribution in [1.29, 1.82) is 0 Å². The van der Waals surface area contributed by atoms with Crippen molar-refractivity contribution in [1.82, 2.24) is 5.32 Å². The molecule has 2 unspecified atom stereocenters. The van der Waals surface area contributed by atoms with Gasteiger partial charge in [-0.15, -0.1) is 0 Å². The van der Waals surface area contributed by atoms with E-state index in [9.17, 15) is 8.42 Å². The number of thioether (sulfide) groups is 1. The molecule has 96 valence electrons. The highest BCUT2D eigenvalue weighted by Gasteiger charge is 2.23. The Morgan fingerprint density at radius 3 is 2.69 bits per heavy atom. The molecule has 0 bridgehead atoms. The fourth-order valence-electron chi connectivity index (χ4n) is 2.08. The molecule has 5 heteroatoms. The van der Waals surface area contributed by atoms with E-state index in [0.29, 0.717) is 11.8 Å². The zero-order valence-corrected chi connectivity index (χ0v) is 11.9. The monoisotopic (exact) mass is 265 g/mol. The van der Waals surface area contributed by atoms with Gasteiger partial charge in [-0.2, -0.15) is 11.8 Å². The van der Waals surface area contributed by atoms with Crippen LogP contribution in [0.5, 0.6) is 0 Å². The standard InChI is InChI=1S/C11H23NO2S2/c1-3-16(13,14)8-4-7-12-10-5-6-11(9-10)15-2/h10-12H,3-9H2,1-2H3. The zero-order chi connectivity index (χ0) is 12.0. The fourth-order valence-corrected chi connectivity index (χ4v) is 3.75. The summed E-state index contributed by atoms with van der Waals surface area (Å²) in [6, 6.07) is 0.613. The first-order valence-electron chi connectivity index (χ1n) is 6.04. The lowest BCUT2D eigenvalue weighted by Crippen LogP contribution is -2.29. The molecule has 1 N–H and O–H groups in total. The first-order chi connectivity index (χ1) is 7.57. The molecule has 0 radical (unpaired) electrons. The first-order valence-corrected chi connectivity index (χ1v) is 9.15. The van der Waals surface area contributed by atoms with Crippen molar-refractivity contribution in [2.45, 2.75) is 43.9 Å². The van der Waals surface area contributed by atoms with Gasteiger partial charge in [-0.25, -0.2) is 8.42 Å². The Labute approximate surface area is 104 Å². The lowest BCUT2D eigenvalue weighted by atomic mass is 10.2. The lowest BCUT2D eigenvalue weighted by molar-refractivity contribution is 0.521. The van der Waals surface area contributed by atoms with Crippen molar-refractivity contribution in [3.8, 4) is 0 Å². The van der Waals surface area contributed by atoms with Crippen molar-refractivity contribution in [3.05, 3.63) is 0 Å². The van der Waals surface area contributed by atoms with E-state index in [-0.39, 0.29) is 5.75 Å². The number of nitrogens with one attached hydrogen (secondary N) is 1. The summed E-state index contributed by atoms with van der Waals surface area (Å²) in [5.41, 5.74) is 0. The maximum atomic E-state index is 11.3. The zero-order valence-electron chi connectivity index (χ0n) is 10.2. The smallest absolute Gasteiger partial charge is 0.150 e. The van der Waals surface area contributed by atoms with E-state index in [0.717, 1.165) is 18.2 Å². The molecule has 0 aromatic carbocycles. The first kappa shape index (κ1) is 14.3. The van der Waals surface area contributed by atoms with Crippen LogP contribution in [-0.2, 0) is 9.84 Å². The van der Waals surface area contributed by atoms with E-state index < -0.39 is 9.84 Å². The molecule has 1 fully saturated rings. The fraction of sp³-hybridized carbons (Fsp3) is 1.00. The molecule has 1 saturated carbocycles. The van der Waals surface area contributed by atoms with Gasteiger partial charge in [-0.1, -0.05) is 6.92 Å². The molecule has 0 spiro atoms. The highest BCUT2D eigenvalue weighted by atomic mass is 32.2. The Morgan fingerprint density at radius 1 is 1.38 bits per heavy atom. The van der Waals surface area contributed by atoms with Gasteiger partial charge in [0.15, 0.2) is 0 Å². The molecule has 0 aromatic heterocycles. The summed E-state index contributed by atoms with van der Waals surface area (Å²) < 4.78 is 22.5. The minimum Gasteiger partial charge on any atom is -0.314 e. The predicted octanol–water partition coefficient (Wildman–Crippen LogP) is 1.68. The summed E-state index contributed by atoms with van der Waals surface area (Å²) >= 11 is 1.95. The third kappa shape index (κ3) is 5.06. The topological polar surface area (TPSA) is 46.2 Å².